The Morgan fingerprint density at radius 1 is 1.72 bits per heavy atom. The third-order valence-electron chi connectivity index (χ3n) is 2.08. The van der Waals surface area contributed by atoms with E-state index in [1.807, 2.05) is 0 Å². The first kappa shape index (κ1) is 14.5. The lowest BCUT2D eigenvalue weighted by Crippen LogP contribution is -2.41. The second-order valence-electron chi connectivity index (χ2n) is 3.30. The summed E-state index contributed by atoms with van der Waals surface area (Å²) in [4.78, 5) is 20.7. The Kier molecular flexibility index (Phi) is 4.30. The Morgan fingerprint density at radius 3 is 2.78 bits per heavy atom. The molecule has 0 aliphatic rings. The minimum absolute atomic E-state index is 0.176. The monoisotopic (exact) mass is 280 g/mol. The number of nitrogens with two attached hydrogens (primary N) is 1. The largest absolute Gasteiger partial charge is 0.462 e. The lowest BCUT2D eigenvalue weighted by Gasteiger charge is -2.20. The number of nitrogens with zero attached hydrogens (tertiary/aromatic N) is 1. The van der Waals surface area contributed by atoms with Gasteiger partial charge in [0.1, 0.15) is 6.04 Å². The number of hydrogen-bond acceptors (Lipinski definition) is 6. The summed E-state index contributed by atoms with van der Waals surface area (Å²) in [5.41, 5.74) is 5.07. The Labute approximate surface area is 104 Å². The molecule has 1 aromatic rings. The van der Waals surface area contributed by atoms with E-state index in [1.54, 1.807) is 0 Å². The summed E-state index contributed by atoms with van der Waals surface area (Å²) in [6.45, 7) is 1.18. The molecule has 1 aromatic heterocycles. The van der Waals surface area contributed by atoms with Crippen LogP contribution in [0.3, 0.4) is 0 Å². The lowest BCUT2D eigenvalue weighted by atomic mass is 10.1. The first-order chi connectivity index (χ1) is 8.30. The maximum absolute atomic E-state index is 13.5. The number of nitro groups is 1. The van der Waals surface area contributed by atoms with Crippen LogP contribution in [0.15, 0.2) is 11.4 Å². The van der Waals surface area contributed by atoms with E-state index < -0.39 is 22.9 Å². The van der Waals surface area contributed by atoms with E-state index in [0.717, 1.165) is 11.4 Å². The van der Waals surface area contributed by atoms with Gasteiger partial charge in [0.15, 0.2) is 0 Å². The minimum Gasteiger partial charge on any atom is -0.462 e. The van der Waals surface area contributed by atoms with Gasteiger partial charge < -0.3 is 10.5 Å². The fourth-order valence-electron chi connectivity index (χ4n) is 1.16. The summed E-state index contributed by atoms with van der Waals surface area (Å²) in [5, 5.41) is 11.2. The van der Waals surface area contributed by atoms with Crippen molar-refractivity contribution in [2.75, 3.05) is 6.61 Å². The topological polar surface area (TPSA) is 95.5 Å². The summed E-state index contributed by atoms with van der Waals surface area (Å²) in [6.07, 6.45) is 0. The van der Waals surface area contributed by atoms with Crippen molar-refractivity contribution in [3.8, 4) is 0 Å². The van der Waals surface area contributed by atoms with E-state index in [1.165, 1.54) is 6.92 Å². The van der Waals surface area contributed by atoms with Crippen molar-refractivity contribution >= 4 is 22.3 Å². The molecule has 0 aromatic carbocycles. The molecule has 1 heterocycles. The van der Waals surface area contributed by atoms with Gasteiger partial charge in [0.05, 0.1) is 11.5 Å². The molecule has 0 spiro atoms. The van der Waals surface area contributed by atoms with E-state index in [0.29, 0.717) is 11.3 Å². The molecule has 0 saturated heterocycles. The average molecular weight is 280 g/mol. The smallest absolute Gasteiger partial charge is 0.379 e. The van der Waals surface area contributed by atoms with Gasteiger partial charge in [-0.25, -0.2) is 4.79 Å². The predicted molar refractivity (Wildman–Crippen MR) is 59.5 cm³/mol. The zero-order valence-electron chi connectivity index (χ0n) is 9.26. The van der Waals surface area contributed by atoms with Gasteiger partial charge in [-0.15, -0.1) is 0 Å². The van der Waals surface area contributed by atoms with Gasteiger partial charge in [-0.2, -0.15) is 8.78 Å². The second kappa shape index (κ2) is 5.36. The normalized spacial score (nSPS) is 13.1. The number of esters is 1. The molecule has 0 radical (unpaired) electrons. The number of thiophene rings is 1. The highest BCUT2D eigenvalue weighted by Crippen LogP contribution is 2.35. The number of rotatable bonds is 5. The highest BCUT2D eigenvalue weighted by molar-refractivity contribution is 7.13. The molecule has 9 heteroatoms. The van der Waals surface area contributed by atoms with Crippen molar-refractivity contribution in [2.24, 2.45) is 5.73 Å². The molecule has 0 aliphatic heterocycles. The van der Waals surface area contributed by atoms with Gasteiger partial charge in [-0.05, 0) is 12.5 Å². The first-order valence-electron chi connectivity index (χ1n) is 4.84. The molecular weight excluding hydrogens is 270 g/mol. The van der Waals surface area contributed by atoms with Gasteiger partial charge >= 0.3 is 16.9 Å². The van der Waals surface area contributed by atoms with Crippen molar-refractivity contribution < 1.29 is 23.2 Å². The predicted octanol–water partition coefficient (Wildman–Crippen LogP) is 1.85. The molecule has 0 aliphatic carbocycles. The van der Waals surface area contributed by atoms with Crippen LogP contribution >= 0.6 is 11.3 Å². The number of hydrogen-bond donors (Lipinski definition) is 1. The summed E-state index contributed by atoms with van der Waals surface area (Å²) in [6, 6.07) is -1.05. The van der Waals surface area contributed by atoms with Crippen LogP contribution in [-0.4, -0.2) is 23.4 Å². The van der Waals surface area contributed by atoms with Crippen LogP contribution in [-0.2, 0) is 9.53 Å². The molecule has 1 rings (SSSR count). The Bertz CT molecular complexity index is 463. The number of halogens is 2. The molecule has 0 bridgehead atoms. The molecule has 0 saturated carbocycles. The summed E-state index contributed by atoms with van der Waals surface area (Å²) < 4.78 is 31.3. The second-order valence-corrected chi connectivity index (χ2v) is 4.19. The van der Waals surface area contributed by atoms with E-state index in [2.05, 4.69) is 4.74 Å². The molecule has 2 N–H and O–H groups in total. The quantitative estimate of drug-likeness (QED) is 0.504. The number of ether oxygens (including phenoxy) is 1. The molecule has 1 atom stereocenters. The molecule has 100 valence electrons. The van der Waals surface area contributed by atoms with Crippen LogP contribution < -0.4 is 5.73 Å². The molecular formula is C9H10F2N2O4S. The van der Waals surface area contributed by atoms with E-state index in [-0.39, 0.29) is 17.2 Å². The molecule has 0 unspecified atom stereocenters. The number of carbonyl (C=O) groups is 1. The van der Waals surface area contributed by atoms with Gasteiger partial charge in [0.2, 0.25) is 0 Å². The van der Waals surface area contributed by atoms with Gasteiger partial charge in [0, 0.05) is 11.4 Å². The average Bonchev–Trinajstić information content (AvgIpc) is 2.77. The van der Waals surface area contributed by atoms with E-state index in [9.17, 15) is 23.7 Å². The Balaban J connectivity index is 2.94. The van der Waals surface area contributed by atoms with Crippen molar-refractivity contribution in [1.29, 1.82) is 0 Å². The standard InChI is InChI=1S/C9H10F2N2O4S/c1-2-17-8(14)9(10,11)7(12)5-3-6(13(15)16)18-4-5/h3-4,7H,2,12H2,1H3/t7-/m1/s1. The van der Waals surface area contributed by atoms with Crippen molar-refractivity contribution in [3.63, 3.8) is 0 Å². The van der Waals surface area contributed by atoms with Gasteiger partial charge in [0.25, 0.3) is 0 Å². The summed E-state index contributed by atoms with van der Waals surface area (Å²) in [5.74, 6) is -5.67. The van der Waals surface area contributed by atoms with E-state index >= 15 is 0 Å². The third-order valence-corrected chi connectivity index (χ3v) is 2.98. The van der Waals surface area contributed by atoms with Crippen molar-refractivity contribution in [2.45, 2.75) is 18.9 Å². The van der Waals surface area contributed by atoms with Crippen LogP contribution in [0.1, 0.15) is 18.5 Å². The minimum atomic E-state index is -3.93. The maximum atomic E-state index is 13.5. The van der Waals surface area contributed by atoms with Crippen molar-refractivity contribution in [1.82, 2.24) is 0 Å². The zero-order chi connectivity index (χ0) is 13.9. The van der Waals surface area contributed by atoms with Crippen LogP contribution in [0.4, 0.5) is 13.8 Å². The van der Waals surface area contributed by atoms with Crippen LogP contribution in [0.2, 0.25) is 0 Å². The van der Waals surface area contributed by atoms with E-state index in [4.69, 9.17) is 5.73 Å². The van der Waals surface area contributed by atoms with Gasteiger partial charge in [-0.3, -0.25) is 10.1 Å². The number of alkyl halides is 2. The number of carbonyl (C=O) groups excluding carboxylic acids is 1. The fourth-order valence-corrected chi connectivity index (χ4v) is 1.92. The highest BCUT2D eigenvalue weighted by atomic mass is 32.1. The van der Waals surface area contributed by atoms with Crippen LogP contribution in [0.25, 0.3) is 0 Å². The van der Waals surface area contributed by atoms with Crippen LogP contribution in [0, 0.1) is 10.1 Å². The summed E-state index contributed by atoms with van der Waals surface area (Å²) >= 11 is 0.663. The Hall–Kier alpha value is -1.61. The van der Waals surface area contributed by atoms with Gasteiger partial charge in [-0.1, -0.05) is 11.3 Å². The third kappa shape index (κ3) is 2.79. The first-order valence-corrected chi connectivity index (χ1v) is 5.72. The Morgan fingerprint density at radius 2 is 2.33 bits per heavy atom. The molecule has 0 fully saturated rings. The zero-order valence-corrected chi connectivity index (χ0v) is 10.1. The fraction of sp³-hybridized carbons (Fsp3) is 0.444. The van der Waals surface area contributed by atoms with Crippen molar-refractivity contribution in [3.05, 3.63) is 27.1 Å². The summed E-state index contributed by atoms with van der Waals surface area (Å²) in [7, 11) is 0. The molecule has 0 amide bonds. The van der Waals surface area contributed by atoms with Crippen LogP contribution in [0.5, 0.6) is 0 Å². The molecule has 18 heavy (non-hydrogen) atoms. The molecule has 6 nitrogen and oxygen atoms in total. The SMILES string of the molecule is CCOC(=O)C(F)(F)[C@H](N)c1csc([N+](=O)[O-])c1. The maximum Gasteiger partial charge on any atom is 0.379 e. The highest BCUT2D eigenvalue weighted by Gasteiger charge is 2.48. The lowest BCUT2D eigenvalue weighted by molar-refractivity contribution is -0.380.